The second-order valence-corrected chi connectivity index (χ2v) is 3.68. The summed E-state index contributed by atoms with van der Waals surface area (Å²) in [6, 6.07) is 6.29. The molecule has 0 amide bonds. The first kappa shape index (κ1) is 15.4. The van der Waals surface area contributed by atoms with E-state index in [1.807, 2.05) is 33.8 Å². The number of nitrogens with two attached hydrogens (primary N) is 1. The van der Waals surface area contributed by atoms with E-state index >= 15 is 0 Å². The number of rotatable bonds is 0. The monoisotopic (exact) mass is 252 g/mol. The van der Waals surface area contributed by atoms with Crippen LogP contribution in [0.25, 0.3) is 10.1 Å². The van der Waals surface area contributed by atoms with Gasteiger partial charge in [0.1, 0.15) is 16.9 Å². The van der Waals surface area contributed by atoms with Gasteiger partial charge in [-0.1, -0.05) is 27.7 Å². The van der Waals surface area contributed by atoms with Crippen LogP contribution in [0.5, 0.6) is 0 Å². The summed E-state index contributed by atoms with van der Waals surface area (Å²) in [6.07, 6.45) is 0. The fourth-order valence-electron chi connectivity index (χ4n) is 1.20. The lowest BCUT2D eigenvalue weighted by molar-refractivity contribution is 0.630. The van der Waals surface area contributed by atoms with Gasteiger partial charge in [0.05, 0.1) is 5.56 Å². The first-order valence-electron chi connectivity index (χ1n) is 5.60. The highest BCUT2D eigenvalue weighted by molar-refractivity contribution is 7.23. The SMILES string of the molecule is CC.CC.N#Cc1c(N)sc2ccc(F)cc12. The van der Waals surface area contributed by atoms with Crippen LogP contribution in [0, 0.1) is 17.1 Å². The Balaban J connectivity index is 0.000000581. The van der Waals surface area contributed by atoms with E-state index in [1.54, 1.807) is 6.07 Å². The topological polar surface area (TPSA) is 49.8 Å². The number of hydrogen-bond acceptors (Lipinski definition) is 3. The number of thiophene rings is 1. The van der Waals surface area contributed by atoms with Gasteiger partial charge in [0, 0.05) is 10.1 Å². The number of hydrogen-bond donors (Lipinski definition) is 1. The maximum absolute atomic E-state index is 12.8. The van der Waals surface area contributed by atoms with Gasteiger partial charge >= 0.3 is 0 Å². The molecule has 0 radical (unpaired) electrons. The highest BCUT2D eigenvalue weighted by Gasteiger charge is 2.09. The van der Waals surface area contributed by atoms with Gasteiger partial charge in [-0.05, 0) is 18.2 Å². The Morgan fingerprint density at radius 2 is 1.82 bits per heavy atom. The molecule has 0 fully saturated rings. The summed E-state index contributed by atoms with van der Waals surface area (Å²) in [5.41, 5.74) is 5.96. The average Bonchev–Trinajstić information content (AvgIpc) is 2.69. The number of benzene rings is 1. The third-order valence-corrected chi connectivity index (χ3v) is 2.79. The predicted molar refractivity (Wildman–Crippen MR) is 73.6 cm³/mol. The van der Waals surface area contributed by atoms with Crippen LogP contribution in [0.1, 0.15) is 33.3 Å². The molecule has 0 saturated carbocycles. The molecule has 0 aliphatic carbocycles. The van der Waals surface area contributed by atoms with Gasteiger partial charge in [-0.3, -0.25) is 0 Å². The Kier molecular flexibility index (Phi) is 6.92. The van der Waals surface area contributed by atoms with E-state index in [9.17, 15) is 4.39 Å². The fourth-order valence-corrected chi connectivity index (χ4v) is 2.11. The van der Waals surface area contributed by atoms with Crippen molar-refractivity contribution < 1.29 is 4.39 Å². The van der Waals surface area contributed by atoms with Crippen molar-refractivity contribution >= 4 is 26.4 Å². The molecule has 0 bridgehead atoms. The summed E-state index contributed by atoms with van der Waals surface area (Å²) >= 11 is 1.30. The van der Waals surface area contributed by atoms with Gasteiger partial charge in [0.15, 0.2) is 0 Å². The lowest BCUT2D eigenvalue weighted by Crippen LogP contribution is -1.82. The molecule has 2 nitrogen and oxygen atoms in total. The van der Waals surface area contributed by atoms with Crippen LogP contribution in [0.4, 0.5) is 9.39 Å². The smallest absolute Gasteiger partial charge is 0.123 e. The molecule has 2 rings (SSSR count). The van der Waals surface area contributed by atoms with Crippen LogP contribution in [-0.2, 0) is 0 Å². The van der Waals surface area contributed by atoms with Gasteiger partial charge in [0.25, 0.3) is 0 Å². The molecule has 0 spiro atoms. The number of halogens is 1. The van der Waals surface area contributed by atoms with Crippen molar-refractivity contribution in [3.05, 3.63) is 29.6 Å². The normalized spacial score (nSPS) is 8.47. The number of nitrogen functional groups attached to an aromatic ring is 1. The minimum Gasteiger partial charge on any atom is -0.389 e. The molecule has 17 heavy (non-hydrogen) atoms. The van der Waals surface area contributed by atoms with Crippen LogP contribution in [0.15, 0.2) is 18.2 Å². The molecule has 4 heteroatoms. The van der Waals surface area contributed by atoms with Gasteiger partial charge < -0.3 is 5.73 Å². The van der Waals surface area contributed by atoms with Crippen LogP contribution in [0.3, 0.4) is 0 Å². The Hall–Kier alpha value is -1.60. The molecular weight excluding hydrogens is 235 g/mol. The number of nitriles is 1. The van der Waals surface area contributed by atoms with Crippen molar-refractivity contribution in [3.63, 3.8) is 0 Å². The second kappa shape index (κ2) is 7.64. The van der Waals surface area contributed by atoms with Crippen molar-refractivity contribution in [2.24, 2.45) is 0 Å². The zero-order chi connectivity index (χ0) is 13.4. The molecule has 0 unspecified atom stereocenters. The zero-order valence-electron chi connectivity index (χ0n) is 10.5. The van der Waals surface area contributed by atoms with Crippen LogP contribution in [0.2, 0.25) is 0 Å². The van der Waals surface area contributed by atoms with Crippen LogP contribution >= 0.6 is 11.3 Å². The standard InChI is InChI=1S/C9H5FN2S.2C2H6/c10-5-1-2-8-6(3-5)7(4-11)9(12)13-8;2*1-2/h1-3H,12H2;2*1-2H3. The lowest BCUT2D eigenvalue weighted by atomic mass is 10.2. The van der Waals surface area contributed by atoms with Crippen molar-refractivity contribution in [1.29, 1.82) is 5.26 Å². The van der Waals surface area contributed by atoms with Gasteiger partial charge in [-0.25, -0.2) is 4.39 Å². The molecule has 0 aliphatic heterocycles. The summed E-state index contributed by atoms with van der Waals surface area (Å²) in [4.78, 5) is 0. The third-order valence-electron chi connectivity index (χ3n) is 1.79. The van der Waals surface area contributed by atoms with E-state index in [0.29, 0.717) is 16.0 Å². The fraction of sp³-hybridized carbons (Fsp3) is 0.308. The summed E-state index contributed by atoms with van der Waals surface area (Å²) in [7, 11) is 0. The molecule has 2 aromatic rings. The van der Waals surface area contributed by atoms with E-state index < -0.39 is 0 Å². The molecule has 0 saturated heterocycles. The number of nitrogens with zero attached hydrogens (tertiary/aromatic N) is 1. The number of anilines is 1. The van der Waals surface area contributed by atoms with Gasteiger partial charge in [-0.2, -0.15) is 5.26 Å². The zero-order valence-corrected chi connectivity index (χ0v) is 11.4. The third kappa shape index (κ3) is 3.43. The predicted octanol–water partition coefficient (Wildman–Crippen LogP) is 4.55. The Morgan fingerprint density at radius 1 is 1.24 bits per heavy atom. The first-order chi connectivity index (χ1) is 8.22. The minimum atomic E-state index is -0.346. The van der Waals surface area contributed by atoms with E-state index in [0.717, 1.165) is 4.70 Å². The van der Waals surface area contributed by atoms with E-state index in [4.69, 9.17) is 11.0 Å². The minimum absolute atomic E-state index is 0.346. The number of fused-ring (bicyclic) bond motifs is 1. The molecule has 1 aromatic heterocycles. The molecule has 0 atom stereocenters. The van der Waals surface area contributed by atoms with Crippen LogP contribution < -0.4 is 5.73 Å². The van der Waals surface area contributed by atoms with Gasteiger partial charge in [0.2, 0.25) is 0 Å². The van der Waals surface area contributed by atoms with Crippen molar-refractivity contribution in [2.45, 2.75) is 27.7 Å². The second-order valence-electron chi connectivity index (χ2n) is 2.59. The quantitative estimate of drug-likeness (QED) is 0.748. The summed E-state index contributed by atoms with van der Waals surface area (Å²) < 4.78 is 13.7. The maximum atomic E-state index is 12.8. The van der Waals surface area contributed by atoms with E-state index in [2.05, 4.69) is 0 Å². The molecule has 1 heterocycles. The largest absolute Gasteiger partial charge is 0.389 e. The Morgan fingerprint density at radius 3 is 2.35 bits per heavy atom. The molecule has 92 valence electrons. The van der Waals surface area contributed by atoms with Crippen molar-refractivity contribution in [3.8, 4) is 6.07 Å². The molecule has 2 N–H and O–H groups in total. The van der Waals surface area contributed by atoms with Crippen molar-refractivity contribution in [1.82, 2.24) is 0 Å². The lowest BCUT2D eigenvalue weighted by Gasteiger charge is -1.89. The van der Waals surface area contributed by atoms with Crippen molar-refractivity contribution in [2.75, 3.05) is 5.73 Å². The Bertz CT molecular complexity index is 512. The average molecular weight is 252 g/mol. The highest BCUT2D eigenvalue weighted by atomic mass is 32.1. The Labute approximate surface area is 105 Å². The van der Waals surface area contributed by atoms with E-state index in [-0.39, 0.29) is 5.82 Å². The maximum Gasteiger partial charge on any atom is 0.123 e. The molecule has 0 aliphatic rings. The van der Waals surface area contributed by atoms with Crippen LogP contribution in [-0.4, -0.2) is 0 Å². The summed E-state index contributed by atoms with van der Waals surface area (Å²) in [5.74, 6) is -0.346. The highest BCUT2D eigenvalue weighted by Crippen LogP contribution is 2.32. The first-order valence-corrected chi connectivity index (χ1v) is 6.41. The molecular formula is C13H17FN2S. The summed E-state index contributed by atoms with van der Waals surface area (Å²) in [5, 5.41) is 9.80. The van der Waals surface area contributed by atoms with E-state index in [1.165, 1.54) is 23.5 Å². The molecule has 1 aromatic carbocycles. The summed E-state index contributed by atoms with van der Waals surface area (Å²) in [6.45, 7) is 8.00. The van der Waals surface area contributed by atoms with Gasteiger partial charge in [-0.15, -0.1) is 11.3 Å².